The minimum absolute atomic E-state index is 0.0420. The van der Waals surface area contributed by atoms with Crippen LogP contribution in [0.2, 0.25) is 0 Å². The zero-order valence-electron chi connectivity index (χ0n) is 29.6. The van der Waals surface area contributed by atoms with Crippen LogP contribution >= 0.6 is 12.0 Å². The van der Waals surface area contributed by atoms with Gasteiger partial charge in [-0.25, -0.2) is 9.97 Å². The Bertz CT molecular complexity index is 2260. The molecule has 332 valence electrons. The second-order valence-corrected chi connectivity index (χ2v) is 11.7. The predicted octanol–water partition coefficient (Wildman–Crippen LogP) is 10.7. The lowest BCUT2D eigenvalue weighted by Crippen LogP contribution is -2.32. The summed E-state index contributed by atoms with van der Waals surface area (Å²) < 4.78 is 241. The van der Waals surface area contributed by atoms with Gasteiger partial charge in [-0.05, 0) is 50.2 Å². The number of alkyl halides is 18. The van der Waals surface area contributed by atoms with Gasteiger partial charge in [0.25, 0.3) is 11.1 Å². The Morgan fingerprint density at radius 2 is 1.05 bits per heavy atom. The van der Waals surface area contributed by atoms with Gasteiger partial charge in [-0.1, -0.05) is 4.99 Å². The minimum atomic E-state index is -5.41. The summed E-state index contributed by atoms with van der Waals surface area (Å²) in [5.41, 5.74) is -15.1. The molecule has 0 aliphatic rings. The first-order valence-electron chi connectivity index (χ1n) is 15.6. The molecule has 0 bridgehead atoms. The highest BCUT2D eigenvalue weighted by atomic mass is 32.2. The van der Waals surface area contributed by atoms with Crippen LogP contribution in [0.5, 0.6) is 0 Å². The molecule has 0 aliphatic heterocycles. The fourth-order valence-corrected chi connectivity index (χ4v) is 4.81. The van der Waals surface area contributed by atoms with E-state index in [1.807, 2.05) is 5.32 Å². The maximum absolute atomic E-state index is 13.6. The van der Waals surface area contributed by atoms with Crippen LogP contribution in [0, 0.1) is 0 Å². The van der Waals surface area contributed by atoms with Crippen LogP contribution < -0.4 is 21.5 Å². The van der Waals surface area contributed by atoms with Gasteiger partial charge in [0.15, 0.2) is 11.4 Å². The van der Waals surface area contributed by atoms with Crippen molar-refractivity contribution in [2.45, 2.75) is 64.0 Å². The number of anilines is 4. The van der Waals surface area contributed by atoms with E-state index in [4.69, 9.17) is 0 Å². The number of nitrogens with one attached hydrogen (secondary N) is 1. The summed E-state index contributed by atoms with van der Waals surface area (Å²) in [5, 5.41) is 1.85. The van der Waals surface area contributed by atoms with E-state index in [0.717, 1.165) is 0 Å². The number of nitrogens with zero attached hydrogens (tertiary/aromatic N) is 5. The third kappa shape index (κ3) is 12.0. The Kier molecular flexibility index (Phi) is 14.6. The van der Waals surface area contributed by atoms with Crippen molar-refractivity contribution in [2.24, 2.45) is 0 Å². The van der Waals surface area contributed by atoms with Gasteiger partial charge in [0, 0.05) is 43.5 Å². The highest BCUT2D eigenvalue weighted by Gasteiger charge is 2.43. The summed E-state index contributed by atoms with van der Waals surface area (Å²) in [7, 11) is 0. The van der Waals surface area contributed by atoms with Crippen LogP contribution in [0.3, 0.4) is 0 Å². The Morgan fingerprint density at radius 3 is 1.48 bits per heavy atom. The molecule has 60 heavy (non-hydrogen) atoms. The third-order valence-corrected chi connectivity index (χ3v) is 7.51. The van der Waals surface area contributed by atoms with Crippen LogP contribution in [-0.4, -0.2) is 25.4 Å². The molecule has 29 heteroatoms. The Balaban J connectivity index is 0.000000323. The Labute approximate surface area is 326 Å². The van der Waals surface area contributed by atoms with E-state index in [2.05, 4.69) is 19.3 Å². The molecule has 0 saturated heterocycles. The van der Waals surface area contributed by atoms with E-state index in [-0.39, 0.29) is 48.5 Å². The van der Waals surface area contributed by atoms with E-state index in [0.29, 0.717) is 39.4 Å². The van der Waals surface area contributed by atoms with Crippen molar-refractivity contribution in [3.05, 3.63) is 103 Å². The van der Waals surface area contributed by atoms with E-state index in [1.54, 1.807) is 0 Å². The Hall–Kier alpha value is -5.19. The van der Waals surface area contributed by atoms with Crippen LogP contribution in [0.4, 0.5) is 102 Å². The van der Waals surface area contributed by atoms with Gasteiger partial charge in [0.2, 0.25) is 11.9 Å². The van der Waals surface area contributed by atoms with Crippen LogP contribution in [0.1, 0.15) is 47.5 Å². The van der Waals surface area contributed by atoms with Crippen molar-refractivity contribution in [2.75, 3.05) is 16.6 Å². The molecule has 2 heterocycles. The number of halogens is 18. The molecule has 0 amide bonds. The number of hydrogen-bond acceptors (Lipinski definition) is 9. The van der Waals surface area contributed by atoms with E-state index in [1.165, 1.54) is 20.1 Å². The van der Waals surface area contributed by atoms with Crippen LogP contribution in [0.15, 0.2) is 58.1 Å². The zero-order chi connectivity index (χ0) is 46.0. The van der Waals surface area contributed by atoms with Gasteiger partial charge >= 0.3 is 37.1 Å². The van der Waals surface area contributed by atoms with Crippen molar-refractivity contribution in [1.29, 1.82) is 0 Å². The van der Waals surface area contributed by atoms with Gasteiger partial charge in [-0.15, -0.1) is 4.33 Å². The molecule has 4 aromatic rings. The highest BCUT2D eigenvalue weighted by molar-refractivity contribution is 7.93. The lowest BCUT2D eigenvalue weighted by atomic mass is 10.1. The molecule has 0 saturated carbocycles. The number of hydrogen-bond donors (Lipinski definition) is 1. The largest absolute Gasteiger partial charge is 0.433 e. The topological polar surface area (TPSA) is 104 Å². The molecule has 0 atom stereocenters. The van der Waals surface area contributed by atoms with Gasteiger partial charge in [0.1, 0.15) is 0 Å². The van der Waals surface area contributed by atoms with Crippen molar-refractivity contribution in [3.8, 4) is 0 Å². The van der Waals surface area contributed by atoms with E-state index >= 15 is 0 Å². The van der Waals surface area contributed by atoms with Crippen molar-refractivity contribution >= 4 is 35.3 Å². The quantitative estimate of drug-likeness (QED) is 0.0761. The third-order valence-electron chi connectivity index (χ3n) is 7.31. The SMILES string of the molecule is CCn1c(N(OOSC)c2ccc(C(F)(F)F)cc2C(F)(F)F)nc(C(F)(F)F)cc1=O.CCn1c(Nc2ccc(C(F)(F)F)cc2C(F)(F)F)nc(C(F)(F)F)cc1=O. The first-order valence-corrected chi connectivity index (χ1v) is 16.8. The number of benzene rings is 2. The lowest BCUT2D eigenvalue weighted by Gasteiger charge is -2.26. The van der Waals surface area contributed by atoms with Crippen molar-refractivity contribution in [3.63, 3.8) is 0 Å². The average molecular weight is 917 g/mol. The number of aromatic nitrogens is 4. The van der Waals surface area contributed by atoms with Gasteiger partial charge in [-0.2, -0.15) is 84.1 Å². The maximum atomic E-state index is 13.6. The highest BCUT2D eigenvalue weighted by Crippen LogP contribution is 2.44. The Morgan fingerprint density at radius 1 is 0.600 bits per heavy atom. The molecule has 2 aromatic heterocycles. The summed E-state index contributed by atoms with van der Waals surface area (Å²) >= 11 is 0.405. The van der Waals surface area contributed by atoms with Crippen molar-refractivity contribution in [1.82, 2.24) is 19.1 Å². The summed E-state index contributed by atoms with van der Waals surface area (Å²) in [6.45, 7) is 1.96. The molecule has 4 rings (SSSR count). The molecule has 0 spiro atoms. The van der Waals surface area contributed by atoms with Crippen LogP contribution in [0.25, 0.3) is 0 Å². The number of rotatable bonds is 9. The molecule has 0 radical (unpaired) electrons. The standard InChI is InChI=1S/C16H12F9N3O3S.C15H10F9N3O/c1-3-27-12(29)7-11(16(23,24)25)26-13(27)28(30-31-32-2)10-5-4-8(14(17,18)19)6-9(10)15(20,21)22;1-2-27-11(28)6-10(15(22,23)24)26-12(27)25-9-4-3-7(13(16,17)18)5-8(9)14(19,20)21/h4-7H,3H2,1-2H3;3-6H,2H2,1H3,(H,25,26). The van der Waals surface area contributed by atoms with Crippen molar-refractivity contribution < 1.29 is 88.3 Å². The van der Waals surface area contributed by atoms with E-state index < -0.39 is 105 Å². The van der Waals surface area contributed by atoms with Gasteiger partial charge in [0.05, 0.1) is 33.6 Å². The average Bonchev–Trinajstić information content (AvgIpc) is 3.09. The molecule has 2 aromatic carbocycles. The molecule has 0 fully saturated rings. The molecule has 1 N–H and O–H groups in total. The summed E-state index contributed by atoms with van der Waals surface area (Å²) in [6, 6.07) is 1.10. The van der Waals surface area contributed by atoms with E-state index in [9.17, 15) is 88.6 Å². The van der Waals surface area contributed by atoms with Gasteiger partial charge in [-0.3, -0.25) is 18.7 Å². The fourth-order valence-electron chi connectivity index (χ4n) is 4.69. The molecular weight excluding hydrogens is 894 g/mol. The lowest BCUT2D eigenvalue weighted by molar-refractivity contribution is -0.195. The zero-order valence-corrected chi connectivity index (χ0v) is 30.4. The minimum Gasteiger partial charge on any atom is -0.325 e. The van der Waals surface area contributed by atoms with Gasteiger partial charge < -0.3 is 5.32 Å². The molecular formula is C31H22F18N6O4S. The summed E-state index contributed by atoms with van der Waals surface area (Å²) in [4.78, 5) is 34.8. The van der Waals surface area contributed by atoms with Crippen LogP contribution in [-0.2, 0) is 59.5 Å². The maximum Gasteiger partial charge on any atom is 0.433 e. The second kappa shape index (κ2) is 17.8. The second-order valence-electron chi connectivity index (χ2n) is 11.3. The molecule has 0 aliphatic carbocycles. The first-order chi connectivity index (χ1) is 27.2. The monoisotopic (exact) mass is 916 g/mol. The normalized spacial score (nSPS) is 12.9. The summed E-state index contributed by atoms with van der Waals surface area (Å²) in [6.07, 6.45) is -29.9. The molecule has 0 unspecified atom stereocenters. The predicted molar refractivity (Wildman–Crippen MR) is 172 cm³/mol. The smallest absolute Gasteiger partial charge is 0.325 e. The first kappa shape index (κ1) is 49.2. The summed E-state index contributed by atoms with van der Waals surface area (Å²) in [5.74, 6) is -2.00. The fraction of sp³-hybridized carbons (Fsp3) is 0.355. The molecule has 10 nitrogen and oxygen atoms in total.